The number of carbonyl (C=O) groups excluding carboxylic acids is 4. The van der Waals surface area contributed by atoms with Gasteiger partial charge in [0.2, 0.25) is 5.91 Å². The molecule has 31 heavy (non-hydrogen) atoms. The highest BCUT2D eigenvalue weighted by atomic mass is 16.6. The minimum atomic E-state index is -0.581. The van der Waals surface area contributed by atoms with Gasteiger partial charge in [-0.2, -0.15) is 0 Å². The van der Waals surface area contributed by atoms with E-state index in [1.165, 1.54) is 13.0 Å². The highest BCUT2D eigenvalue weighted by Gasteiger charge is 2.24. The molecular formula is C22H31N3O6. The first kappa shape index (κ1) is 24.2. The second-order valence-corrected chi connectivity index (χ2v) is 8.43. The predicted molar refractivity (Wildman–Crippen MR) is 114 cm³/mol. The third-order valence-electron chi connectivity index (χ3n) is 4.55. The Morgan fingerprint density at radius 1 is 1.13 bits per heavy atom. The maximum atomic E-state index is 12.5. The van der Waals surface area contributed by atoms with Gasteiger partial charge >= 0.3 is 12.1 Å². The van der Waals surface area contributed by atoms with Crippen molar-refractivity contribution >= 4 is 23.9 Å². The summed E-state index contributed by atoms with van der Waals surface area (Å²) in [5.74, 6) is -0.424. The van der Waals surface area contributed by atoms with Gasteiger partial charge < -0.3 is 25.0 Å². The van der Waals surface area contributed by atoms with Crippen molar-refractivity contribution in [3.8, 4) is 5.75 Å². The van der Waals surface area contributed by atoms with Crippen LogP contribution in [-0.4, -0.2) is 60.1 Å². The molecule has 0 atom stereocenters. The van der Waals surface area contributed by atoms with Crippen LogP contribution in [0.2, 0.25) is 0 Å². The van der Waals surface area contributed by atoms with Gasteiger partial charge in [-0.15, -0.1) is 0 Å². The van der Waals surface area contributed by atoms with E-state index in [0.717, 1.165) is 0 Å². The standard InChI is InChI=1S/C22H31N3O6/c1-15(26)30-18-7-5-6-16(14-18)20(28)24-17-9-12-25(13-10-17)19(27)8-11-23-21(29)31-22(2,3)4/h5-7,14,17H,8-13H2,1-4H3,(H,23,29)(H,24,28). The number of benzene rings is 1. The minimum absolute atomic E-state index is 0.0464. The van der Waals surface area contributed by atoms with Crippen LogP contribution in [0.4, 0.5) is 4.79 Å². The molecule has 1 saturated heterocycles. The molecule has 0 aliphatic carbocycles. The number of hydrogen-bond donors (Lipinski definition) is 2. The molecule has 0 bridgehead atoms. The van der Waals surface area contributed by atoms with E-state index in [2.05, 4.69) is 10.6 Å². The number of piperidine rings is 1. The highest BCUT2D eigenvalue weighted by Crippen LogP contribution is 2.16. The Morgan fingerprint density at radius 3 is 2.42 bits per heavy atom. The third-order valence-corrected chi connectivity index (χ3v) is 4.55. The molecule has 1 aromatic rings. The molecule has 1 aromatic carbocycles. The molecule has 1 aliphatic heterocycles. The lowest BCUT2D eigenvalue weighted by molar-refractivity contribution is -0.132. The molecule has 3 amide bonds. The van der Waals surface area contributed by atoms with Crippen LogP contribution in [0.5, 0.6) is 5.75 Å². The molecule has 9 heteroatoms. The SMILES string of the molecule is CC(=O)Oc1cccc(C(=O)NC2CCN(C(=O)CCNC(=O)OC(C)(C)C)CC2)c1. The summed E-state index contributed by atoms with van der Waals surface area (Å²) in [5.41, 5.74) is -0.173. The van der Waals surface area contributed by atoms with Gasteiger partial charge in [-0.05, 0) is 51.8 Å². The number of hydrogen-bond acceptors (Lipinski definition) is 6. The molecule has 1 aliphatic rings. The number of ether oxygens (including phenoxy) is 2. The number of esters is 1. The van der Waals surface area contributed by atoms with Crippen molar-refractivity contribution in [2.75, 3.05) is 19.6 Å². The summed E-state index contributed by atoms with van der Waals surface area (Å²) < 4.78 is 10.1. The zero-order valence-corrected chi connectivity index (χ0v) is 18.5. The Morgan fingerprint density at radius 2 is 1.81 bits per heavy atom. The molecule has 0 saturated carbocycles. The lowest BCUT2D eigenvalue weighted by Crippen LogP contribution is -2.47. The van der Waals surface area contributed by atoms with Crippen LogP contribution in [0, 0.1) is 0 Å². The second-order valence-electron chi connectivity index (χ2n) is 8.43. The summed E-state index contributed by atoms with van der Waals surface area (Å²) in [6.45, 7) is 7.90. The van der Waals surface area contributed by atoms with Gasteiger partial charge in [0.15, 0.2) is 0 Å². The topological polar surface area (TPSA) is 114 Å². The van der Waals surface area contributed by atoms with E-state index in [0.29, 0.717) is 37.2 Å². The van der Waals surface area contributed by atoms with E-state index in [1.807, 2.05) is 0 Å². The molecule has 1 heterocycles. The van der Waals surface area contributed by atoms with E-state index in [4.69, 9.17) is 9.47 Å². The summed E-state index contributed by atoms with van der Waals surface area (Å²) >= 11 is 0. The molecule has 0 radical (unpaired) electrons. The zero-order valence-electron chi connectivity index (χ0n) is 18.5. The smallest absolute Gasteiger partial charge is 0.407 e. The number of rotatable bonds is 6. The number of carbonyl (C=O) groups is 4. The number of nitrogens with zero attached hydrogens (tertiary/aromatic N) is 1. The van der Waals surface area contributed by atoms with E-state index < -0.39 is 17.7 Å². The van der Waals surface area contributed by atoms with Gasteiger partial charge in [-0.25, -0.2) is 4.79 Å². The maximum Gasteiger partial charge on any atom is 0.407 e. The molecule has 9 nitrogen and oxygen atoms in total. The summed E-state index contributed by atoms with van der Waals surface area (Å²) in [4.78, 5) is 49.3. The van der Waals surface area contributed by atoms with Crippen molar-refractivity contribution in [3.05, 3.63) is 29.8 Å². The minimum Gasteiger partial charge on any atom is -0.444 e. The summed E-state index contributed by atoms with van der Waals surface area (Å²) in [6, 6.07) is 6.39. The average Bonchev–Trinajstić information content (AvgIpc) is 2.66. The number of amides is 3. The molecule has 0 aromatic heterocycles. The summed E-state index contributed by atoms with van der Waals surface area (Å²) in [7, 11) is 0. The molecular weight excluding hydrogens is 402 g/mol. The fraction of sp³-hybridized carbons (Fsp3) is 0.545. The van der Waals surface area contributed by atoms with E-state index in [1.54, 1.807) is 43.9 Å². The van der Waals surface area contributed by atoms with Crippen LogP contribution in [0.15, 0.2) is 24.3 Å². The Labute approximate surface area is 182 Å². The van der Waals surface area contributed by atoms with Crippen LogP contribution in [0.1, 0.15) is 57.3 Å². The van der Waals surface area contributed by atoms with Crippen LogP contribution < -0.4 is 15.4 Å². The van der Waals surface area contributed by atoms with E-state index in [9.17, 15) is 19.2 Å². The van der Waals surface area contributed by atoms with E-state index in [-0.39, 0.29) is 30.8 Å². The first-order chi connectivity index (χ1) is 14.5. The molecule has 1 fully saturated rings. The van der Waals surface area contributed by atoms with Crippen molar-refractivity contribution < 1.29 is 28.7 Å². The van der Waals surface area contributed by atoms with E-state index >= 15 is 0 Å². The molecule has 2 N–H and O–H groups in total. The molecule has 0 spiro atoms. The monoisotopic (exact) mass is 433 g/mol. The normalized spacial score (nSPS) is 14.5. The maximum absolute atomic E-state index is 12.5. The van der Waals surface area contributed by atoms with Crippen LogP contribution in [-0.2, 0) is 14.3 Å². The first-order valence-electron chi connectivity index (χ1n) is 10.4. The zero-order chi connectivity index (χ0) is 23.0. The number of likely N-dealkylation sites (tertiary alicyclic amines) is 1. The molecule has 0 unspecified atom stereocenters. The molecule has 2 rings (SSSR count). The van der Waals surface area contributed by atoms with Gasteiger partial charge in [0.25, 0.3) is 5.91 Å². The average molecular weight is 434 g/mol. The summed E-state index contributed by atoms with van der Waals surface area (Å²) in [5, 5.41) is 5.55. The van der Waals surface area contributed by atoms with Crippen LogP contribution in [0.3, 0.4) is 0 Å². The lowest BCUT2D eigenvalue weighted by Gasteiger charge is -2.32. The quantitative estimate of drug-likeness (QED) is 0.525. The van der Waals surface area contributed by atoms with Crippen molar-refractivity contribution in [2.24, 2.45) is 0 Å². The Kier molecular flexibility index (Phi) is 8.41. The lowest BCUT2D eigenvalue weighted by atomic mass is 10.0. The predicted octanol–water partition coefficient (Wildman–Crippen LogP) is 2.25. The van der Waals surface area contributed by atoms with Gasteiger partial charge in [0.05, 0.1) is 0 Å². The largest absolute Gasteiger partial charge is 0.444 e. The van der Waals surface area contributed by atoms with Gasteiger partial charge in [-0.3, -0.25) is 14.4 Å². The number of nitrogens with one attached hydrogen (secondary N) is 2. The fourth-order valence-electron chi connectivity index (χ4n) is 3.15. The van der Waals surface area contributed by atoms with Crippen molar-refractivity contribution in [3.63, 3.8) is 0 Å². The Bertz CT molecular complexity index is 810. The van der Waals surface area contributed by atoms with Crippen molar-refractivity contribution in [2.45, 2.75) is 58.6 Å². The highest BCUT2D eigenvalue weighted by molar-refractivity contribution is 5.95. The number of alkyl carbamates (subject to hydrolysis) is 1. The fourth-order valence-corrected chi connectivity index (χ4v) is 3.15. The summed E-state index contributed by atoms with van der Waals surface area (Å²) in [6.07, 6.45) is 0.931. The van der Waals surface area contributed by atoms with Crippen LogP contribution in [0.25, 0.3) is 0 Å². The molecule has 170 valence electrons. The Balaban J connectivity index is 1.73. The van der Waals surface area contributed by atoms with Crippen LogP contribution >= 0.6 is 0 Å². The van der Waals surface area contributed by atoms with Gasteiger partial charge in [-0.1, -0.05) is 6.07 Å². The third kappa shape index (κ3) is 8.65. The van der Waals surface area contributed by atoms with Crippen molar-refractivity contribution in [1.29, 1.82) is 0 Å². The van der Waals surface area contributed by atoms with Gasteiger partial charge in [0, 0.05) is 44.6 Å². The van der Waals surface area contributed by atoms with Crippen molar-refractivity contribution in [1.82, 2.24) is 15.5 Å². The van der Waals surface area contributed by atoms with Gasteiger partial charge in [0.1, 0.15) is 11.4 Å². The Hall–Kier alpha value is -3.10. The second kappa shape index (κ2) is 10.8. The first-order valence-corrected chi connectivity index (χ1v) is 10.4.